The summed E-state index contributed by atoms with van der Waals surface area (Å²) in [4.78, 5) is 1.59. The van der Waals surface area contributed by atoms with Crippen LogP contribution in [0.3, 0.4) is 0 Å². The minimum absolute atomic E-state index is 0.685. The molecule has 1 aromatic rings. The Balaban J connectivity index is 1.93. The zero-order valence-electron chi connectivity index (χ0n) is 8.51. The molecule has 1 heterocycles. The third-order valence-corrected chi connectivity index (χ3v) is 5.17. The van der Waals surface area contributed by atoms with Crippen molar-refractivity contribution in [2.45, 2.75) is 44.9 Å². The summed E-state index contributed by atoms with van der Waals surface area (Å²) >= 11 is 1.89. The summed E-state index contributed by atoms with van der Waals surface area (Å²) in [5.74, 6) is 0. The number of anilines is 1. The fraction of sp³-hybridized carbons (Fsp3) is 0.667. The van der Waals surface area contributed by atoms with Gasteiger partial charge in [0.05, 0.1) is 0 Å². The van der Waals surface area contributed by atoms with Gasteiger partial charge in [-0.2, -0.15) is 0 Å². The summed E-state index contributed by atoms with van der Waals surface area (Å²) in [6.07, 6.45) is 9.79. The Kier molecular flexibility index (Phi) is 1.88. The van der Waals surface area contributed by atoms with Crippen LogP contribution in [0.5, 0.6) is 0 Å². The van der Waals surface area contributed by atoms with E-state index < -0.39 is 0 Å². The second kappa shape index (κ2) is 2.99. The van der Waals surface area contributed by atoms with Gasteiger partial charge >= 0.3 is 0 Å². The molecule has 2 aliphatic carbocycles. The van der Waals surface area contributed by atoms with E-state index in [0.29, 0.717) is 5.41 Å². The van der Waals surface area contributed by atoms with Crippen LogP contribution >= 0.6 is 11.3 Å². The van der Waals surface area contributed by atoms with Crippen LogP contribution in [0.4, 0.5) is 5.69 Å². The minimum Gasteiger partial charge on any atom is -0.398 e. The molecule has 0 unspecified atom stereocenters. The van der Waals surface area contributed by atoms with Gasteiger partial charge in [-0.25, -0.2) is 0 Å². The van der Waals surface area contributed by atoms with Crippen molar-refractivity contribution in [3.05, 3.63) is 15.8 Å². The monoisotopic (exact) mass is 207 g/mol. The lowest BCUT2D eigenvalue weighted by Crippen LogP contribution is -2.24. The summed E-state index contributed by atoms with van der Waals surface area (Å²) in [5.41, 5.74) is 9.18. The Morgan fingerprint density at radius 2 is 2.00 bits per heavy atom. The van der Waals surface area contributed by atoms with Crippen LogP contribution < -0.4 is 5.73 Å². The zero-order valence-corrected chi connectivity index (χ0v) is 9.33. The van der Waals surface area contributed by atoms with Crippen molar-refractivity contribution < 1.29 is 0 Å². The quantitative estimate of drug-likeness (QED) is 0.693. The molecule has 2 heteroatoms. The second-order valence-electron chi connectivity index (χ2n) is 4.98. The Bertz CT molecular complexity index is 347. The maximum Gasteiger partial charge on any atom is 0.0458 e. The number of hydrogen-bond acceptors (Lipinski definition) is 2. The van der Waals surface area contributed by atoms with E-state index in [2.05, 4.69) is 5.38 Å². The van der Waals surface area contributed by atoms with Crippen LogP contribution in [0, 0.1) is 5.41 Å². The molecule has 1 spiro atoms. The number of rotatable bonds is 0. The first kappa shape index (κ1) is 8.78. The molecule has 14 heavy (non-hydrogen) atoms. The van der Waals surface area contributed by atoms with E-state index in [9.17, 15) is 0 Å². The van der Waals surface area contributed by atoms with Gasteiger partial charge in [-0.3, -0.25) is 0 Å². The Hall–Kier alpha value is -0.500. The normalized spacial score (nSPS) is 24.0. The summed E-state index contributed by atoms with van der Waals surface area (Å²) < 4.78 is 0. The molecule has 0 saturated heterocycles. The molecule has 0 bridgehead atoms. The molecular formula is C12H17NS. The molecule has 0 amide bonds. The number of nitrogen functional groups attached to an aromatic ring is 1. The van der Waals surface area contributed by atoms with Crippen LogP contribution in [0.25, 0.3) is 0 Å². The highest BCUT2D eigenvalue weighted by atomic mass is 32.1. The Morgan fingerprint density at radius 3 is 2.79 bits per heavy atom. The molecule has 1 nitrogen and oxygen atoms in total. The lowest BCUT2D eigenvalue weighted by atomic mass is 9.73. The van der Waals surface area contributed by atoms with Crippen molar-refractivity contribution in [2.75, 3.05) is 5.73 Å². The fourth-order valence-corrected chi connectivity index (χ4v) is 4.40. The van der Waals surface area contributed by atoms with Crippen molar-refractivity contribution in [1.29, 1.82) is 0 Å². The first-order valence-corrected chi connectivity index (χ1v) is 6.52. The second-order valence-corrected chi connectivity index (χ2v) is 5.94. The molecule has 0 atom stereocenters. The molecule has 0 radical (unpaired) electrons. The van der Waals surface area contributed by atoms with Crippen molar-refractivity contribution in [2.24, 2.45) is 5.41 Å². The average molecular weight is 207 g/mol. The van der Waals surface area contributed by atoms with E-state index in [1.807, 2.05) is 11.3 Å². The molecule has 76 valence electrons. The SMILES string of the molecule is Nc1csc2c1CCC1(CCCC1)C2. The van der Waals surface area contributed by atoms with Crippen LogP contribution in [0.1, 0.15) is 42.5 Å². The average Bonchev–Trinajstić information content (AvgIpc) is 2.76. The molecule has 0 aliphatic heterocycles. The topological polar surface area (TPSA) is 26.0 Å². The van der Waals surface area contributed by atoms with Gasteiger partial charge in [-0.05, 0) is 43.1 Å². The third kappa shape index (κ3) is 1.20. The standard InChI is InChI=1S/C12H17NS/c13-10-8-14-11-7-12(4-1-2-5-12)6-3-9(10)11/h8H,1-7,13H2. The van der Waals surface area contributed by atoms with Gasteiger partial charge in [-0.15, -0.1) is 11.3 Å². The van der Waals surface area contributed by atoms with Gasteiger partial charge in [0.1, 0.15) is 0 Å². The van der Waals surface area contributed by atoms with E-state index in [1.54, 1.807) is 4.88 Å². The maximum absolute atomic E-state index is 5.96. The van der Waals surface area contributed by atoms with Crippen molar-refractivity contribution in [3.63, 3.8) is 0 Å². The summed E-state index contributed by atoms with van der Waals surface area (Å²) in [7, 11) is 0. The highest BCUT2D eigenvalue weighted by Crippen LogP contribution is 2.49. The third-order valence-electron chi connectivity index (χ3n) is 4.12. The molecule has 2 N–H and O–H groups in total. The van der Waals surface area contributed by atoms with Gasteiger partial charge in [0.25, 0.3) is 0 Å². The van der Waals surface area contributed by atoms with Gasteiger partial charge < -0.3 is 5.73 Å². The van der Waals surface area contributed by atoms with Crippen LogP contribution in [0.2, 0.25) is 0 Å². The van der Waals surface area contributed by atoms with E-state index >= 15 is 0 Å². The lowest BCUT2D eigenvalue weighted by Gasteiger charge is -2.33. The summed E-state index contributed by atoms with van der Waals surface area (Å²) in [6.45, 7) is 0. The smallest absolute Gasteiger partial charge is 0.0458 e. The summed E-state index contributed by atoms with van der Waals surface area (Å²) in [6, 6.07) is 0. The fourth-order valence-electron chi connectivity index (χ4n) is 3.24. The van der Waals surface area contributed by atoms with Crippen LogP contribution in [-0.2, 0) is 12.8 Å². The predicted octanol–water partition coefficient (Wildman–Crippen LogP) is 3.38. The molecular weight excluding hydrogens is 190 g/mol. The molecule has 3 rings (SSSR count). The minimum atomic E-state index is 0.685. The molecule has 1 aromatic heterocycles. The highest BCUT2D eigenvalue weighted by Gasteiger charge is 2.37. The molecule has 2 aliphatic rings. The number of thiophene rings is 1. The van der Waals surface area contributed by atoms with E-state index in [1.165, 1.54) is 50.5 Å². The molecule has 1 saturated carbocycles. The largest absolute Gasteiger partial charge is 0.398 e. The van der Waals surface area contributed by atoms with Crippen molar-refractivity contribution in [3.8, 4) is 0 Å². The van der Waals surface area contributed by atoms with Gasteiger partial charge in [0.2, 0.25) is 0 Å². The first-order valence-electron chi connectivity index (χ1n) is 5.64. The van der Waals surface area contributed by atoms with Crippen LogP contribution in [0.15, 0.2) is 5.38 Å². The zero-order chi connectivity index (χ0) is 9.60. The predicted molar refractivity (Wildman–Crippen MR) is 61.7 cm³/mol. The summed E-state index contributed by atoms with van der Waals surface area (Å²) in [5, 5.41) is 2.14. The highest BCUT2D eigenvalue weighted by molar-refractivity contribution is 7.10. The Morgan fingerprint density at radius 1 is 1.21 bits per heavy atom. The van der Waals surface area contributed by atoms with E-state index in [4.69, 9.17) is 5.73 Å². The van der Waals surface area contributed by atoms with Gasteiger partial charge in [0.15, 0.2) is 0 Å². The lowest BCUT2D eigenvalue weighted by molar-refractivity contribution is 0.258. The van der Waals surface area contributed by atoms with Gasteiger partial charge in [-0.1, -0.05) is 12.8 Å². The number of nitrogens with two attached hydrogens (primary N) is 1. The number of fused-ring (bicyclic) bond motifs is 1. The Labute approximate surface area is 89.3 Å². The van der Waals surface area contributed by atoms with Crippen LogP contribution in [-0.4, -0.2) is 0 Å². The molecule has 1 fully saturated rings. The maximum atomic E-state index is 5.96. The van der Waals surface area contributed by atoms with E-state index in [0.717, 1.165) is 5.69 Å². The van der Waals surface area contributed by atoms with Crippen molar-refractivity contribution >= 4 is 17.0 Å². The molecule has 0 aromatic carbocycles. The van der Waals surface area contributed by atoms with Crippen molar-refractivity contribution in [1.82, 2.24) is 0 Å². The van der Waals surface area contributed by atoms with E-state index in [-0.39, 0.29) is 0 Å². The van der Waals surface area contributed by atoms with Gasteiger partial charge in [0, 0.05) is 15.9 Å². The number of hydrogen-bond donors (Lipinski definition) is 1. The first-order chi connectivity index (χ1) is 6.79.